The minimum absolute atomic E-state index is 0.207. The third kappa shape index (κ3) is 3.25. The Labute approximate surface area is 155 Å². The van der Waals surface area contributed by atoms with Gasteiger partial charge in [0.05, 0.1) is 11.0 Å². The molecule has 2 fully saturated rings. The number of carbonyl (C=O) groups is 1. The number of benzene rings is 1. The zero-order chi connectivity index (χ0) is 18.1. The van der Waals surface area contributed by atoms with Crippen LogP contribution in [0.2, 0.25) is 0 Å². The molecule has 1 amide bonds. The Kier molecular flexibility index (Phi) is 4.98. The fourth-order valence-electron chi connectivity index (χ4n) is 4.61. The largest absolute Gasteiger partial charge is 0.342 e. The van der Waals surface area contributed by atoms with Crippen molar-refractivity contribution in [3.63, 3.8) is 0 Å². The van der Waals surface area contributed by atoms with E-state index in [0.29, 0.717) is 17.9 Å². The third-order valence-corrected chi connectivity index (χ3v) is 5.93. The predicted molar refractivity (Wildman–Crippen MR) is 104 cm³/mol. The lowest BCUT2D eigenvalue weighted by Gasteiger charge is -2.36. The number of aromatic nitrogens is 2. The Hall–Kier alpha value is -1.88. The normalized spacial score (nSPS) is 22.3. The Morgan fingerprint density at radius 1 is 1.19 bits per heavy atom. The van der Waals surface area contributed by atoms with Crippen molar-refractivity contribution in [2.75, 3.05) is 26.2 Å². The van der Waals surface area contributed by atoms with Gasteiger partial charge in [-0.1, -0.05) is 12.1 Å². The van der Waals surface area contributed by atoms with E-state index in [0.717, 1.165) is 63.2 Å². The highest BCUT2D eigenvalue weighted by molar-refractivity contribution is 5.79. The summed E-state index contributed by atoms with van der Waals surface area (Å²) in [4.78, 5) is 20.1. The Morgan fingerprint density at radius 2 is 1.96 bits per heavy atom. The molecule has 2 aromatic rings. The van der Waals surface area contributed by atoms with Gasteiger partial charge in [0.15, 0.2) is 0 Å². The molecule has 140 valence electrons. The fourth-order valence-corrected chi connectivity index (χ4v) is 4.61. The second kappa shape index (κ2) is 7.39. The van der Waals surface area contributed by atoms with Crippen molar-refractivity contribution in [2.45, 2.75) is 51.5 Å². The van der Waals surface area contributed by atoms with Crippen LogP contribution in [-0.4, -0.2) is 46.5 Å². The second-order valence-corrected chi connectivity index (χ2v) is 8.07. The zero-order valence-electron chi connectivity index (χ0n) is 15.9. The molecule has 0 bridgehead atoms. The highest BCUT2D eigenvalue weighted by Crippen LogP contribution is 2.32. The van der Waals surface area contributed by atoms with Gasteiger partial charge < -0.3 is 14.8 Å². The highest BCUT2D eigenvalue weighted by atomic mass is 16.2. The number of amides is 1. The van der Waals surface area contributed by atoms with Crippen molar-refractivity contribution < 1.29 is 4.79 Å². The smallest absolute Gasteiger partial charge is 0.225 e. The molecular formula is C21H30N4O. The summed E-state index contributed by atoms with van der Waals surface area (Å²) in [6.45, 7) is 8.10. The number of fused-ring (bicyclic) bond motifs is 1. The summed E-state index contributed by atoms with van der Waals surface area (Å²) < 4.78 is 2.37. The lowest BCUT2D eigenvalue weighted by molar-refractivity contribution is -0.137. The SMILES string of the molecule is CC(C)n1c(C2CCCN(C(=O)C3CCNCC3)C2)nc2ccccc21. The predicted octanol–water partition coefficient (Wildman–Crippen LogP) is 3.32. The summed E-state index contributed by atoms with van der Waals surface area (Å²) in [7, 11) is 0. The second-order valence-electron chi connectivity index (χ2n) is 8.07. The van der Waals surface area contributed by atoms with Crippen LogP contribution in [-0.2, 0) is 4.79 Å². The van der Waals surface area contributed by atoms with E-state index in [1.807, 2.05) is 0 Å². The number of rotatable bonds is 3. The number of imidazole rings is 1. The maximum Gasteiger partial charge on any atom is 0.225 e. The van der Waals surface area contributed by atoms with Gasteiger partial charge in [0.25, 0.3) is 0 Å². The van der Waals surface area contributed by atoms with E-state index < -0.39 is 0 Å². The molecule has 2 aliphatic heterocycles. The number of hydrogen-bond donors (Lipinski definition) is 1. The number of para-hydroxylation sites is 2. The molecule has 1 atom stereocenters. The van der Waals surface area contributed by atoms with Gasteiger partial charge in [0, 0.05) is 31.0 Å². The highest BCUT2D eigenvalue weighted by Gasteiger charge is 2.32. The van der Waals surface area contributed by atoms with Gasteiger partial charge in [0.1, 0.15) is 5.82 Å². The molecule has 5 heteroatoms. The Balaban J connectivity index is 1.59. The number of nitrogens with one attached hydrogen (secondary N) is 1. The zero-order valence-corrected chi connectivity index (χ0v) is 15.9. The van der Waals surface area contributed by atoms with Gasteiger partial charge in [-0.15, -0.1) is 0 Å². The van der Waals surface area contributed by atoms with Crippen molar-refractivity contribution in [3.8, 4) is 0 Å². The van der Waals surface area contributed by atoms with E-state index in [2.05, 4.69) is 52.9 Å². The van der Waals surface area contributed by atoms with E-state index in [4.69, 9.17) is 4.98 Å². The van der Waals surface area contributed by atoms with Crippen LogP contribution in [0.3, 0.4) is 0 Å². The molecule has 1 N–H and O–H groups in total. The minimum Gasteiger partial charge on any atom is -0.342 e. The van der Waals surface area contributed by atoms with E-state index in [-0.39, 0.29) is 5.92 Å². The quantitative estimate of drug-likeness (QED) is 0.920. The van der Waals surface area contributed by atoms with Crippen LogP contribution in [0.25, 0.3) is 11.0 Å². The first kappa shape index (κ1) is 17.5. The van der Waals surface area contributed by atoms with E-state index in [9.17, 15) is 4.79 Å². The summed E-state index contributed by atoms with van der Waals surface area (Å²) in [5.74, 6) is 2.07. The standard InChI is InChI=1S/C21H30N4O/c1-15(2)25-19-8-4-3-7-18(19)23-20(25)17-6-5-13-24(14-17)21(26)16-9-11-22-12-10-16/h3-4,7-8,15-17,22H,5-6,9-14H2,1-2H3. The van der Waals surface area contributed by atoms with Gasteiger partial charge >= 0.3 is 0 Å². The molecule has 3 heterocycles. The minimum atomic E-state index is 0.207. The molecule has 0 radical (unpaired) electrons. The summed E-state index contributed by atoms with van der Waals surface area (Å²) in [5, 5.41) is 3.36. The van der Waals surface area contributed by atoms with Crippen LogP contribution in [0.1, 0.15) is 57.3 Å². The molecule has 2 aliphatic rings. The molecule has 2 saturated heterocycles. The monoisotopic (exact) mass is 354 g/mol. The fraction of sp³-hybridized carbons (Fsp3) is 0.619. The van der Waals surface area contributed by atoms with Crippen molar-refractivity contribution in [1.82, 2.24) is 19.8 Å². The van der Waals surface area contributed by atoms with Crippen LogP contribution in [0.5, 0.6) is 0 Å². The molecular weight excluding hydrogens is 324 g/mol. The molecule has 4 rings (SSSR count). The first-order valence-electron chi connectivity index (χ1n) is 10.1. The van der Waals surface area contributed by atoms with Crippen LogP contribution in [0.4, 0.5) is 0 Å². The average Bonchev–Trinajstić information content (AvgIpc) is 3.08. The first-order chi connectivity index (χ1) is 12.6. The van der Waals surface area contributed by atoms with Gasteiger partial charge in [0.2, 0.25) is 5.91 Å². The number of nitrogens with zero attached hydrogens (tertiary/aromatic N) is 3. The molecule has 0 saturated carbocycles. The molecule has 26 heavy (non-hydrogen) atoms. The van der Waals surface area contributed by atoms with Crippen molar-refractivity contribution in [3.05, 3.63) is 30.1 Å². The Bertz CT molecular complexity index is 775. The molecule has 0 aliphatic carbocycles. The van der Waals surface area contributed by atoms with Crippen LogP contribution >= 0.6 is 0 Å². The van der Waals surface area contributed by atoms with Gasteiger partial charge in [-0.05, 0) is 64.8 Å². The van der Waals surface area contributed by atoms with E-state index in [1.165, 1.54) is 5.52 Å². The van der Waals surface area contributed by atoms with Crippen molar-refractivity contribution in [1.29, 1.82) is 0 Å². The molecule has 5 nitrogen and oxygen atoms in total. The molecule has 1 unspecified atom stereocenters. The summed E-state index contributed by atoms with van der Waals surface area (Å²) in [6.07, 6.45) is 4.14. The summed E-state index contributed by atoms with van der Waals surface area (Å²) >= 11 is 0. The first-order valence-corrected chi connectivity index (χ1v) is 10.1. The maximum absolute atomic E-state index is 13.0. The lowest BCUT2D eigenvalue weighted by Crippen LogP contribution is -2.45. The maximum atomic E-state index is 13.0. The third-order valence-electron chi connectivity index (χ3n) is 5.93. The van der Waals surface area contributed by atoms with Crippen molar-refractivity contribution >= 4 is 16.9 Å². The number of piperidine rings is 2. The number of carbonyl (C=O) groups excluding carboxylic acids is 1. The van der Waals surface area contributed by atoms with E-state index >= 15 is 0 Å². The van der Waals surface area contributed by atoms with Gasteiger partial charge in [-0.2, -0.15) is 0 Å². The lowest BCUT2D eigenvalue weighted by atomic mass is 9.92. The Morgan fingerprint density at radius 3 is 2.73 bits per heavy atom. The van der Waals surface area contributed by atoms with Crippen LogP contribution in [0, 0.1) is 5.92 Å². The van der Waals surface area contributed by atoms with E-state index in [1.54, 1.807) is 0 Å². The van der Waals surface area contributed by atoms with Gasteiger partial charge in [-0.3, -0.25) is 4.79 Å². The summed E-state index contributed by atoms with van der Waals surface area (Å²) in [6, 6.07) is 8.76. The van der Waals surface area contributed by atoms with Crippen LogP contribution in [0.15, 0.2) is 24.3 Å². The van der Waals surface area contributed by atoms with Crippen LogP contribution < -0.4 is 5.32 Å². The molecule has 1 aromatic heterocycles. The topological polar surface area (TPSA) is 50.2 Å². The number of hydrogen-bond acceptors (Lipinski definition) is 3. The molecule has 0 spiro atoms. The summed E-state index contributed by atoms with van der Waals surface area (Å²) in [5.41, 5.74) is 2.28. The van der Waals surface area contributed by atoms with Gasteiger partial charge in [-0.25, -0.2) is 4.98 Å². The average molecular weight is 354 g/mol. The number of likely N-dealkylation sites (tertiary alicyclic amines) is 1. The molecule has 1 aromatic carbocycles. The van der Waals surface area contributed by atoms with Crippen molar-refractivity contribution in [2.24, 2.45) is 5.92 Å².